The molecule has 0 aliphatic carbocycles. The Morgan fingerprint density at radius 3 is 3.00 bits per heavy atom. The molecule has 1 aliphatic rings. The summed E-state index contributed by atoms with van der Waals surface area (Å²) in [5.41, 5.74) is 5.75. The highest BCUT2D eigenvalue weighted by Gasteiger charge is 2.23. The number of ether oxygens (including phenoxy) is 2. The van der Waals surface area contributed by atoms with E-state index in [0.29, 0.717) is 6.61 Å². The van der Waals surface area contributed by atoms with Crippen molar-refractivity contribution in [3.8, 4) is 11.5 Å². The third kappa shape index (κ3) is 1.86. The van der Waals surface area contributed by atoms with Gasteiger partial charge in [0, 0.05) is 10.5 Å². The summed E-state index contributed by atoms with van der Waals surface area (Å²) in [5, 5.41) is 0. The Balaban J connectivity index is 2.24. The lowest BCUT2D eigenvalue weighted by atomic mass is 10.2. The fourth-order valence-corrected chi connectivity index (χ4v) is 1.66. The Labute approximate surface area is 91.3 Å². The van der Waals surface area contributed by atoms with E-state index in [1.165, 1.54) is 0 Å². The van der Waals surface area contributed by atoms with Crippen LogP contribution in [-0.4, -0.2) is 18.8 Å². The molecule has 0 radical (unpaired) electrons. The lowest BCUT2D eigenvalue weighted by Gasteiger charge is -2.28. The molecule has 3 nitrogen and oxygen atoms in total. The van der Waals surface area contributed by atoms with E-state index in [1.807, 2.05) is 25.1 Å². The van der Waals surface area contributed by atoms with E-state index in [1.54, 1.807) is 0 Å². The van der Waals surface area contributed by atoms with E-state index in [2.05, 4.69) is 15.9 Å². The lowest BCUT2D eigenvalue weighted by Crippen LogP contribution is -2.42. The third-order valence-corrected chi connectivity index (χ3v) is 2.67. The molecule has 2 atom stereocenters. The zero-order valence-corrected chi connectivity index (χ0v) is 9.45. The van der Waals surface area contributed by atoms with E-state index in [4.69, 9.17) is 15.2 Å². The maximum atomic E-state index is 5.75. The average molecular weight is 258 g/mol. The first-order valence-corrected chi connectivity index (χ1v) is 5.30. The van der Waals surface area contributed by atoms with Crippen LogP contribution in [0.2, 0.25) is 0 Å². The summed E-state index contributed by atoms with van der Waals surface area (Å²) in [4.78, 5) is 0. The molecule has 0 saturated carbocycles. The molecule has 0 fully saturated rings. The first-order chi connectivity index (χ1) is 6.66. The average Bonchev–Trinajstić information content (AvgIpc) is 2.16. The number of nitrogens with two attached hydrogens (primary N) is 1. The molecule has 0 bridgehead atoms. The zero-order valence-electron chi connectivity index (χ0n) is 7.87. The van der Waals surface area contributed by atoms with Gasteiger partial charge in [-0.15, -0.1) is 0 Å². The lowest BCUT2D eigenvalue weighted by molar-refractivity contribution is 0.0764. The number of fused-ring (bicyclic) bond motifs is 1. The molecular formula is C10H12BrNO2. The number of benzene rings is 1. The van der Waals surface area contributed by atoms with Gasteiger partial charge in [0.15, 0.2) is 11.5 Å². The van der Waals surface area contributed by atoms with Crippen molar-refractivity contribution in [3.63, 3.8) is 0 Å². The van der Waals surface area contributed by atoms with Gasteiger partial charge in [0.2, 0.25) is 0 Å². The fraction of sp³-hybridized carbons (Fsp3) is 0.400. The predicted molar refractivity (Wildman–Crippen MR) is 57.7 cm³/mol. The van der Waals surface area contributed by atoms with Gasteiger partial charge in [-0.3, -0.25) is 0 Å². The van der Waals surface area contributed by atoms with E-state index < -0.39 is 0 Å². The molecule has 4 heteroatoms. The van der Waals surface area contributed by atoms with Gasteiger partial charge in [0.05, 0.1) is 0 Å². The molecule has 2 rings (SSSR count). The summed E-state index contributed by atoms with van der Waals surface area (Å²) < 4.78 is 12.2. The van der Waals surface area contributed by atoms with Gasteiger partial charge in [-0.05, 0) is 25.1 Å². The summed E-state index contributed by atoms with van der Waals surface area (Å²) >= 11 is 3.38. The van der Waals surface area contributed by atoms with Gasteiger partial charge in [0.1, 0.15) is 12.7 Å². The quantitative estimate of drug-likeness (QED) is 0.837. The maximum Gasteiger partial charge on any atom is 0.163 e. The van der Waals surface area contributed by atoms with Crippen LogP contribution in [0.1, 0.15) is 6.92 Å². The Hall–Kier alpha value is -0.740. The normalized spacial score (nSPS) is 21.8. The molecule has 1 heterocycles. The van der Waals surface area contributed by atoms with Crippen LogP contribution < -0.4 is 15.2 Å². The summed E-state index contributed by atoms with van der Waals surface area (Å²) in [6, 6.07) is 5.68. The molecule has 0 spiro atoms. The first kappa shape index (κ1) is 9.80. The van der Waals surface area contributed by atoms with Crippen LogP contribution in [0.25, 0.3) is 0 Å². The van der Waals surface area contributed by atoms with Crippen molar-refractivity contribution >= 4 is 15.9 Å². The fourth-order valence-electron chi connectivity index (χ4n) is 1.32. The molecule has 76 valence electrons. The summed E-state index contributed by atoms with van der Waals surface area (Å²) in [6.07, 6.45) is -0.0585. The highest BCUT2D eigenvalue weighted by Crippen LogP contribution is 2.34. The Morgan fingerprint density at radius 1 is 1.50 bits per heavy atom. The molecule has 2 unspecified atom stereocenters. The van der Waals surface area contributed by atoms with Crippen LogP contribution in [0, 0.1) is 0 Å². The predicted octanol–water partition coefficient (Wildman–Crippen LogP) is 1.94. The van der Waals surface area contributed by atoms with Gasteiger partial charge in [-0.1, -0.05) is 15.9 Å². The smallest absolute Gasteiger partial charge is 0.163 e. The van der Waals surface area contributed by atoms with Crippen molar-refractivity contribution in [2.24, 2.45) is 5.73 Å². The standard InChI is InChI=1S/C10H12BrNO2/c1-6(12)10-5-13-8-3-2-7(11)4-9(8)14-10/h2-4,6,10H,5,12H2,1H3. The van der Waals surface area contributed by atoms with Crippen molar-refractivity contribution < 1.29 is 9.47 Å². The minimum Gasteiger partial charge on any atom is -0.486 e. The number of hydrogen-bond acceptors (Lipinski definition) is 3. The molecule has 0 aromatic heterocycles. The second kappa shape index (κ2) is 3.79. The second-order valence-electron chi connectivity index (χ2n) is 3.42. The highest BCUT2D eigenvalue weighted by molar-refractivity contribution is 9.10. The minimum absolute atomic E-state index is 0.0258. The molecule has 1 aromatic rings. The van der Waals surface area contributed by atoms with Crippen molar-refractivity contribution in [3.05, 3.63) is 22.7 Å². The van der Waals surface area contributed by atoms with Crippen molar-refractivity contribution in [2.45, 2.75) is 19.1 Å². The highest BCUT2D eigenvalue weighted by atomic mass is 79.9. The molecule has 14 heavy (non-hydrogen) atoms. The van der Waals surface area contributed by atoms with E-state index in [-0.39, 0.29) is 12.1 Å². The topological polar surface area (TPSA) is 44.5 Å². The van der Waals surface area contributed by atoms with Crippen molar-refractivity contribution in [1.29, 1.82) is 0 Å². The number of hydrogen-bond donors (Lipinski definition) is 1. The molecule has 2 N–H and O–H groups in total. The summed E-state index contributed by atoms with van der Waals surface area (Å²) in [5.74, 6) is 1.54. The Kier molecular flexibility index (Phi) is 2.65. The zero-order chi connectivity index (χ0) is 10.1. The van der Waals surface area contributed by atoms with Crippen LogP contribution in [0.15, 0.2) is 22.7 Å². The first-order valence-electron chi connectivity index (χ1n) is 4.51. The third-order valence-electron chi connectivity index (χ3n) is 2.17. The van der Waals surface area contributed by atoms with E-state index in [0.717, 1.165) is 16.0 Å². The van der Waals surface area contributed by atoms with Gasteiger partial charge < -0.3 is 15.2 Å². The van der Waals surface area contributed by atoms with E-state index in [9.17, 15) is 0 Å². The number of rotatable bonds is 1. The maximum absolute atomic E-state index is 5.75. The monoisotopic (exact) mass is 257 g/mol. The van der Waals surface area contributed by atoms with Gasteiger partial charge in [-0.2, -0.15) is 0 Å². The molecule has 0 saturated heterocycles. The molecule has 0 amide bonds. The van der Waals surface area contributed by atoms with Crippen molar-refractivity contribution in [1.82, 2.24) is 0 Å². The Morgan fingerprint density at radius 2 is 2.29 bits per heavy atom. The summed E-state index contributed by atoms with van der Waals surface area (Å²) in [7, 11) is 0. The van der Waals surface area contributed by atoms with Gasteiger partial charge >= 0.3 is 0 Å². The summed E-state index contributed by atoms with van der Waals surface area (Å²) in [6.45, 7) is 2.43. The van der Waals surface area contributed by atoms with Gasteiger partial charge in [0.25, 0.3) is 0 Å². The van der Waals surface area contributed by atoms with Crippen LogP contribution in [0.5, 0.6) is 11.5 Å². The molecule has 1 aromatic carbocycles. The van der Waals surface area contributed by atoms with Gasteiger partial charge in [-0.25, -0.2) is 0 Å². The SMILES string of the molecule is CC(N)C1COc2ccc(Br)cc2O1. The number of halogens is 1. The second-order valence-corrected chi connectivity index (χ2v) is 4.33. The van der Waals surface area contributed by atoms with Crippen LogP contribution in [-0.2, 0) is 0 Å². The van der Waals surface area contributed by atoms with Crippen LogP contribution in [0.3, 0.4) is 0 Å². The van der Waals surface area contributed by atoms with Crippen LogP contribution >= 0.6 is 15.9 Å². The largest absolute Gasteiger partial charge is 0.486 e. The molecular weight excluding hydrogens is 246 g/mol. The van der Waals surface area contributed by atoms with Crippen LogP contribution in [0.4, 0.5) is 0 Å². The Bertz CT molecular complexity index is 341. The molecule has 1 aliphatic heterocycles. The van der Waals surface area contributed by atoms with Crippen molar-refractivity contribution in [2.75, 3.05) is 6.61 Å². The minimum atomic E-state index is -0.0585. The van der Waals surface area contributed by atoms with E-state index >= 15 is 0 Å².